The minimum Gasteiger partial charge on any atom is -0.338 e. The van der Waals surface area contributed by atoms with E-state index in [1.807, 2.05) is 11.0 Å². The summed E-state index contributed by atoms with van der Waals surface area (Å²) in [5.74, 6) is 0.173. The molecule has 1 N–H and O–H groups in total. The number of carbonyl (C=O) groups excluding carboxylic acids is 1. The second kappa shape index (κ2) is 7.82. The van der Waals surface area contributed by atoms with Crippen molar-refractivity contribution in [2.45, 2.75) is 25.7 Å². The average Bonchev–Trinajstić information content (AvgIpc) is 2.68. The Kier molecular flexibility index (Phi) is 5.51. The van der Waals surface area contributed by atoms with Crippen LogP contribution in [0.2, 0.25) is 0 Å². The second-order valence-electron chi connectivity index (χ2n) is 6.31. The molecule has 0 spiro atoms. The summed E-state index contributed by atoms with van der Waals surface area (Å²) in [4.78, 5) is 22.9. The van der Waals surface area contributed by atoms with Crippen LogP contribution >= 0.6 is 0 Å². The lowest BCUT2D eigenvalue weighted by Crippen LogP contribution is -2.39. The molecule has 0 radical (unpaired) electrons. The van der Waals surface area contributed by atoms with Crippen molar-refractivity contribution < 1.29 is 13.2 Å². The molecule has 7 nitrogen and oxygen atoms in total. The van der Waals surface area contributed by atoms with Crippen molar-refractivity contribution in [3.63, 3.8) is 0 Å². The normalized spacial score (nSPS) is 17.7. The summed E-state index contributed by atoms with van der Waals surface area (Å²) < 4.78 is 25.7. The number of likely N-dealkylation sites (tertiary alicyclic amines) is 1. The number of sulfonamides is 1. The Morgan fingerprint density at radius 3 is 2.69 bits per heavy atom. The topological polar surface area (TPSA) is 92.3 Å². The van der Waals surface area contributed by atoms with Crippen LogP contribution < -0.4 is 4.72 Å². The van der Waals surface area contributed by atoms with Crippen LogP contribution in [0.4, 0.5) is 5.69 Å². The van der Waals surface area contributed by atoms with Crippen molar-refractivity contribution in [2.24, 2.45) is 0 Å². The Hall–Kier alpha value is -2.48. The Labute approximate surface area is 153 Å². The van der Waals surface area contributed by atoms with E-state index in [0.29, 0.717) is 24.3 Å². The highest BCUT2D eigenvalue weighted by atomic mass is 32.2. The third-order valence-electron chi connectivity index (χ3n) is 4.52. The summed E-state index contributed by atoms with van der Waals surface area (Å²) in [6, 6.07) is 8.44. The summed E-state index contributed by atoms with van der Waals surface area (Å²) in [5.41, 5.74) is 1.97. The maximum Gasteiger partial charge on any atom is 0.253 e. The summed E-state index contributed by atoms with van der Waals surface area (Å²) >= 11 is 0. The second-order valence-corrected chi connectivity index (χ2v) is 8.32. The summed E-state index contributed by atoms with van der Waals surface area (Å²) in [5, 5.41) is 0. The van der Waals surface area contributed by atoms with E-state index in [0.717, 1.165) is 18.5 Å². The monoisotopic (exact) mass is 374 g/mol. The fraction of sp³-hybridized carbons (Fsp3) is 0.389. The zero-order valence-corrected chi connectivity index (χ0v) is 15.4. The fourth-order valence-electron chi connectivity index (χ4n) is 3.06. The van der Waals surface area contributed by atoms with Crippen LogP contribution in [0.5, 0.6) is 0 Å². The molecule has 1 saturated heterocycles. The van der Waals surface area contributed by atoms with Crippen molar-refractivity contribution >= 4 is 21.6 Å². The first-order chi connectivity index (χ1) is 12.5. The van der Waals surface area contributed by atoms with Gasteiger partial charge in [0.2, 0.25) is 10.0 Å². The number of hydrogen-bond donors (Lipinski definition) is 1. The molecule has 1 aliphatic heterocycles. The number of nitrogens with one attached hydrogen (secondary N) is 1. The lowest BCUT2D eigenvalue weighted by Gasteiger charge is -2.32. The number of hydrogen-bond acceptors (Lipinski definition) is 5. The van der Waals surface area contributed by atoms with E-state index in [-0.39, 0.29) is 17.6 Å². The van der Waals surface area contributed by atoms with Gasteiger partial charge < -0.3 is 4.90 Å². The molecule has 0 aliphatic carbocycles. The van der Waals surface area contributed by atoms with E-state index >= 15 is 0 Å². The number of piperidine rings is 1. The number of aromatic nitrogens is 2. The van der Waals surface area contributed by atoms with Crippen molar-refractivity contribution in [3.05, 3.63) is 54.1 Å². The van der Waals surface area contributed by atoms with E-state index in [2.05, 4.69) is 14.7 Å². The van der Waals surface area contributed by atoms with Gasteiger partial charge in [-0.3, -0.25) is 9.52 Å². The predicted molar refractivity (Wildman–Crippen MR) is 99.4 cm³/mol. The Balaban J connectivity index is 1.69. The first kappa shape index (κ1) is 18.3. The van der Waals surface area contributed by atoms with Gasteiger partial charge in [0.25, 0.3) is 5.91 Å². The smallest absolute Gasteiger partial charge is 0.253 e. The molecule has 1 aromatic heterocycles. The summed E-state index contributed by atoms with van der Waals surface area (Å²) in [7, 11) is -3.32. The third-order valence-corrected chi connectivity index (χ3v) is 5.82. The van der Waals surface area contributed by atoms with E-state index in [1.165, 1.54) is 6.33 Å². The molecule has 26 heavy (non-hydrogen) atoms. The van der Waals surface area contributed by atoms with Crippen LogP contribution in [0.3, 0.4) is 0 Å². The van der Waals surface area contributed by atoms with Crippen LogP contribution in [-0.2, 0) is 10.0 Å². The summed E-state index contributed by atoms with van der Waals surface area (Å²) in [6.07, 6.45) is 5.18. The first-order valence-corrected chi connectivity index (χ1v) is 10.3. The van der Waals surface area contributed by atoms with Crippen molar-refractivity contribution in [1.82, 2.24) is 14.9 Å². The highest BCUT2D eigenvalue weighted by molar-refractivity contribution is 7.92. The lowest BCUT2D eigenvalue weighted by molar-refractivity contribution is 0.0706. The largest absolute Gasteiger partial charge is 0.338 e. The predicted octanol–water partition coefficient (Wildman–Crippen LogP) is 2.26. The molecule has 1 amide bonds. The number of amides is 1. The van der Waals surface area contributed by atoms with Crippen molar-refractivity contribution in [3.8, 4) is 0 Å². The molecule has 8 heteroatoms. The van der Waals surface area contributed by atoms with E-state index in [1.54, 1.807) is 37.4 Å². The molecular formula is C18H22N4O3S. The summed E-state index contributed by atoms with van der Waals surface area (Å²) in [6.45, 7) is 2.91. The minimum atomic E-state index is -3.32. The number of benzene rings is 1. The SMILES string of the molecule is CCS(=O)(=O)Nc1ccc(C(=O)N2CCC[C@@H](c3ccncn3)C2)cc1. The van der Waals surface area contributed by atoms with Crippen LogP contribution in [0.25, 0.3) is 0 Å². The third kappa shape index (κ3) is 4.37. The molecule has 138 valence electrons. The molecule has 1 fully saturated rings. The molecule has 0 unspecified atom stereocenters. The fourth-order valence-corrected chi connectivity index (χ4v) is 3.70. The maximum atomic E-state index is 12.8. The van der Waals surface area contributed by atoms with Gasteiger partial charge in [0.05, 0.1) is 5.75 Å². The molecular weight excluding hydrogens is 352 g/mol. The van der Waals surface area contributed by atoms with Gasteiger partial charge in [-0.1, -0.05) is 0 Å². The quantitative estimate of drug-likeness (QED) is 0.867. The van der Waals surface area contributed by atoms with Crippen LogP contribution in [0.15, 0.2) is 42.9 Å². The number of carbonyl (C=O) groups is 1. The van der Waals surface area contributed by atoms with Crippen molar-refractivity contribution in [1.29, 1.82) is 0 Å². The van der Waals surface area contributed by atoms with Gasteiger partial charge in [-0.2, -0.15) is 0 Å². The van der Waals surface area contributed by atoms with Gasteiger partial charge in [0.15, 0.2) is 0 Å². The van der Waals surface area contributed by atoms with Crippen LogP contribution in [0, 0.1) is 0 Å². The van der Waals surface area contributed by atoms with Gasteiger partial charge in [0, 0.05) is 42.1 Å². The Morgan fingerprint density at radius 2 is 2.04 bits per heavy atom. The molecule has 0 bridgehead atoms. The standard InChI is InChI=1S/C18H22N4O3S/c1-2-26(24,25)21-16-7-5-14(6-8-16)18(23)22-11-3-4-15(12-22)17-9-10-19-13-20-17/h5-10,13,15,21H,2-4,11-12H2,1H3/t15-/m1/s1. The first-order valence-electron chi connectivity index (χ1n) is 8.64. The van der Waals surface area contributed by atoms with Gasteiger partial charge in [-0.15, -0.1) is 0 Å². The Morgan fingerprint density at radius 1 is 1.27 bits per heavy atom. The van der Waals surface area contributed by atoms with E-state index in [9.17, 15) is 13.2 Å². The van der Waals surface area contributed by atoms with Gasteiger partial charge in [-0.25, -0.2) is 18.4 Å². The molecule has 0 saturated carbocycles. The molecule has 3 rings (SSSR count). The molecule has 2 aromatic rings. The number of nitrogens with zero attached hydrogens (tertiary/aromatic N) is 3. The zero-order valence-electron chi connectivity index (χ0n) is 14.6. The van der Waals surface area contributed by atoms with Gasteiger partial charge in [0.1, 0.15) is 6.33 Å². The Bertz CT molecular complexity index is 854. The molecule has 2 heterocycles. The minimum absolute atomic E-state index is 0.00584. The van der Waals surface area contributed by atoms with Crippen LogP contribution in [0.1, 0.15) is 41.7 Å². The zero-order chi connectivity index (χ0) is 18.6. The van der Waals surface area contributed by atoms with E-state index < -0.39 is 10.0 Å². The number of anilines is 1. The lowest BCUT2D eigenvalue weighted by atomic mass is 9.94. The van der Waals surface area contributed by atoms with Gasteiger partial charge >= 0.3 is 0 Å². The van der Waals surface area contributed by atoms with E-state index in [4.69, 9.17) is 0 Å². The molecule has 1 aliphatic rings. The maximum absolute atomic E-state index is 12.8. The molecule has 1 aromatic carbocycles. The highest BCUT2D eigenvalue weighted by Crippen LogP contribution is 2.26. The molecule has 1 atom stereocenters. The number of rotatable bonds is 5. The average molecular weight is 374 g/mol. The van der Waals surface area contributed by atoms with Gasteiger partial charge in [-0.05, 0) is 50.1 Å². The highest BCUT2D eigenvalue weighted by Gasteiger charge is 2.26. The van der Waals surface area contributed by atoms with Crippen molar-refractivity contribution in [2.75, 3.05) is 23.6 Å². The van der Waals surface area contributed by atoms with Crippen LogP contribution in [-0.4, -0.2) is 48.0 Å².